The van der Waals surface area contributed by atoms with Crippen molar-refractivity contribution in [2.75, 3.05) is 13.7 Å². The fourth-order valence-electron chi connectivity index (χ4n) is 4.83. The first-order valence-corrected chi connectivity index (χ1v) is 7.27. The van der Waals surface area contributed by atoms with Gasteiger partial charge in [-0.15, -0.1) is 0 Å². The van der Waals surface area contributed by atoms with Gasteiger partial charge < -0.3 is 14.6 Å². The van der Waals surface area contributed by atoms with Crippen molar-refractivity contribution in [2.24, 2.45) is 16.7 Å². The van der Waals surface area contributed by atoms with E-state index >= 15 is 0 Å². The molecule has 0 aromatic rings. The van der Waals surface area contributed by atoms with Crippen LogP contribution in [0.1, 0.15) is 46.0 Å². The smallest absolute Gasteiger partial charge is 0.314 e. The van der Waals surface area contributed by atoms with Crippen LogP contribution in [-0.4, -0.2) is 36.5 Å². The molecule has 5 atom stereocenters. The molecule has 1 aliphatic heterocycles. The van der Waals surface area contributed by atoms with E-state index in [0.717, 1.165) is 32.3 Å². The molecule has 1 spiro atoms. The van der Waals surface area contributed by atoms with Crippen LogP contribution in [0.4, 0.5) is 0 Å². The number of ether oxygens (including phenoxy) is 2. The molecule has 1 N–H and O–H groups in total. The minimum Gasteiger partial charge on any atom is -0.469 e. The van der Waals surface area contributed by atoms with Crippen molar-refractivity contribution >= 4 is 5.97 Å². The van der Waals surface area contributed by atoms with Gasteiger partial charge in [0.25, 0.3) is 0 Å². The lowest BCUT2D eigenvalue weighted by Crippen LogP contribution is -2.58. The summed E-state index contributed by atoms with van der Waals surface area (Å²) in [5, 5.41) is 10.4. The zero-order valence-electron chi connectivity index (χ0n) is 12.1. The predicted molar refractivity (Wildman–Crippen MR) is 69.5 cm³/mol. The van der Waals surface area contributed by atoms with Gasteiger partial charge in [0.15, 0.2) is 0 Å². The molecule has 0 radical (unpaired) electrons. The summed E-state index contributed by atoms with van der Waals surface area (Å²) in [4.78, 5) is 12.3. The Morgan fingerprint density at radius 2 is 2.00 bits per heavy atom. The molecule has 19 heavy (non-hydrogen) atoms. The van der Waals surface area contributed by atoms with Gasteiger partial charge in [-0.1, -0.05) is 6.92 Å². The Hall–Kier alpha value is -0.610. The highest BCUT2D eigenvalue weighted by molar-refractivity contribution is 5.78. The highest BCUT2D eigenvalue weighted by Gasteiger charge is 2.64. The van der Waals surface area contributed by atoms with Gasteiger partial charge in [-0.05, 0) is 50.4 Å². The van der Waals surface area contributed by atoms with Crippen LogP contribution < -0.4 is 0 Å². The molecule has 0 amide bonds. The van der Waals surface area contributed by atoms with Crippen molar-refractivity contribution in [1.29, 1.82) is 0 Å². The Labute approximate surface area is 114 Å². The Balaban J connectivity index is 1.94. The first-order chi connectivity index (χ1) is 8.86. The summed E-state index contributed by atoms with van der Waals surface area (Å²) in [6.45, 7) is 5.01. The van der Waals surface area contributed by atoms with E-state index in [1.807, 2.05) is 6.92 Å². The van der Waals surface area contributed by atoms with Gasteiger partial charge in [-0.25, -0.2) is 0 Å². The van der Waals surface area contributed by atoms with Crippen LogP contribution in [0, 0.1) is 16.7 Å². The topological polar surface area (TPSA) is 59.1 Å². The van der Waals surface area contributed by atoms with Crippen LogP contribution in [-0.2, 0) is 14.3 Å². The van der Waals surface area contributed by atoms with Gasteiger partial charge >= 0.3 is 5.97 Å². The SMILES string of the molecule is COC(=O)[C@]1(C)[C@H](O)CC[C@@]2(C)CC3(CC[C@@H]21)CO3. The lowest BCUT2D eigenvalue weighted by Gasteiger charge is -2.56. The highest BCUT2D eigenvalue weighted by atomic mass is 16.6. The van der Waals surface area contributed by atoms with Crippen LogP contribution >= 0.6 is 0 Å². The zero-order chi connectivity index (χ0) is 13.9. The summed E-state index contributed by atoms with van der Waals surface area (Å²) in [6.07, 6.45) is 4.02. The Kier molecular flexibility index (Phi) is 2.78. The molecule has 1 heterocycles. The van der Waals surface area contributed by atoms with Gasteiger partial charge in [-0.3, -0.25) is 4.79 Å². The van der Waals surface area contributed by atoms with Crippen LogP contribution in [0.2, 0.25) is 0 Å². The molecule has 4 heteroatoms. The third-order valence-electron chi connectivity index (χ3n) is 6.04. The van der Waals surface area contributed by atoms with E-state index in [2.05, 4.69) is 6.92 Å². The summed E-state index contributed by atoms with van der Waals surface area (Å²) in [6, 6.07) is 0. The number of epoxide rings is 1. The molecule has 0 bridgehead atoms. The Bertz CT molecular complexity index is 403. The first-order valence-electron chi connectivity index (χ1n) is 7.27. The van der Waals surface area contributed by atoms with E-state index in [1.54, 1.807) is 0 Å². The van der Waals surface area contributed by atoms with E-state index in [1.165, 1.54) is 7.11 Å². The third-order valence-corrected chi connectivity index (χ3v) is 6.04. The Morgan fingerprint density at radius 1 is 1.32 bits per heavy atom. The molecule has 0 aromatic carbocycles. The standard InChI is InChI=1S/C15H24O4/c1-13-6-5-11(16)14(2,12(17)18-3)10(13)4-7-15(8-13)9-19-15/h10-11,16H,4-9H2,1-3H3/t10-,11+,13-,14-,15?/m0/s1. The minimum atomic E-state index is -0.766. The fraction of sp³-hybridized carbons (Fsp3) is 0.933. The van der Waals surface area contributed by atoms with Crippen LogP contribution in [0.3, 0.4) is 0 Å². The number of hydrogen-bond acceptors (Lipinski definition) is 4. The normalized spacial score (nSPS) is 52.6. The van der Waals surface area contributed by atoms with Crippen molar-refractivity contribution in [1.82, 2.24) is 0 Å². The van der Waals surface area contributed by atoms with Gasteiger partial charge in [-0.2, -0.15) is 0 Å². The average molecular weight is 268 g/mol. The molecule has 1 unspecified atom stereocenters. The number of aliphatic hydroxyl groups is 1. The maximum Gasteiger partial charge on any atom is 0.314 e. The third kappa shape index (κ3) is 1.76. The van der Waals surface area contributed by atoms with Gasteiger partial charge in [0.1, 0.15) is 0 Å². The average Bonchev–Trinajstić information content (AvgIpc) is 3.12. The van der Waals surface area contributed by atoms with Crippen molar-refractivity contribution < 1.29 is 19.4 Å². The van der Waals surface area contributed by atoms with Crippen LogP contribution in [0.25, 0.3) is 0 Å². The van der Waals surface area contributed by atoms with E-state index < -0.39 is 11.5 Å². The summed E-state index contributed by atoms with van der Waals surface area (Å²) in [5.74, 6) is -0.0744. The zero-order valence-corrected chi connectivity index (χ0v) is 12.1. The number of esters is 1. The number of fused-ring (bicyclic) bond motifs is 1. The van der Waals surface area contributed by atoms with Gasteiger partial charge in [0.2, 0.25) is 0 Å². The molecule has 2 aliphatic carbocycles. The van der Waals surface area contributed by atoms with E-state index in [4.69, 9.17) is 9.47 Å². The second-order valence-corrected chi connectivity index (χ2v) is 7.22. The number of aliphatic hydroxyl groups excluding tert-OH is 1. The quantitative estimate of drug-likeness (QED) is 0.583. The molecule has 3 rings (SSSR count). The number of methoxy groups -OCH3 is 1. The minimum absolute atomic E-state index is 0.0803. The molecular weight excluding hydrogens is 244 g/mol. The first kappa shape index (κ1) is 13.4. The largest absolute Gasteiger partial charge is 0.469 e. The molecule has 3 aliphatic rings. The van der Waals surface area contributed by atoms with Crippen molar-refractivity contribution in [3.8, 4) is 0 Å². The van der Waals surface area contributed by atoms with E-state index in [-0.39, 0.29) is 22.9 Å². The lowest BCUT2D eigenvalue weighted by atomic mass is 9.48. The van der Waals surface area contributed by atoms with Crippen LogP contribution in [0.5, 0.6) is 0 Å². The van der Waals surface area contributed by atoms with Gasteiger partial charge in [0, 0.05) is 0 Å². The number of hydrogen-bond donors (Lipinski definition) is 1. The van der Waals surface area contributed by atoms with E-state index in [0.29, 0.717) is 6.42 Å². The lowest BCUT2D eigenvalue weighted by molar-refractivity contribution is -0.186. The number of carbonyl (C=O) groups excluding carboxylic acids is 1. The second kappa shape index (κ2) is 3.95. The highest BCUT2D eigenvalue weighted by Crippen LogP contribution is 2.62. The molecule has 0 aromatic heterocycles. The van der Waals surface area contributed by atoms with Crippen molar-refractivity contribution in [3.05, 3.63) is 0 Å². The van der Waals surface area contributed by atoms with Crippen molar-refractivity contribution in [2.45, 2.75) is 57.7 Å². The molecule has 1 saturated heterocycles. The van der Waals surface area contributed by atoms with Gasteiger partial charge in [0.05, 0.1) is 30.8 Å². The van der Waals surface area contributed by atoms with Crippen LogP contribution in [0.15, 0.2) is 0 Å². The number of rotatable bonds is 1. The Morgan fingerprint density at radius 3 is 2.58 bits per heavy atom. The molecular formula is C15H24O4. The molecule has 3 fully saturated rings. The molecule has 108 valence electrons. The second-order valence-electron chi connectivity index (χ2n) is 7.22. The number of carbonyl (C=O) groups is 1. The monoisotopic (exact) mass is 268 g/mol. The molecule has 4 nitrogen and oxygen atoms in total. The predicted octanol–water partition coefficient (Wildman–Crippen LogP) is 1.90. The maximum absolute atomic E-state index is 12.3. The molecule has 2 saturated carbocycles. The van der Waals surface area contributed by atoms with Crippen molar-refractivity contribution in [3.63, 3.8) is 0 Å². The summed E-state index contributed by atoms with van der Waals surface area (Å²) < 4.78 is 10.6. The summed E-state index contributed by atoms with van der Waals surface area (Å²) in [5.41, 5.74) is -0.597. The van der Waals surface area contributed by atoms with E-state index in [9.17, 15) is 9.90 Å². The maximum atomic E-state index is 12.3. The summed E-state index contributed by atoms with van der Waals surface area (Å²) in [7, 11) is 1.42. The fourth-order valence-corrected chi connectivity index (χ4v) is 4.83. The summed E-state index contributed by atoms with van der Waals surface area (Å²) >= 11 is 0.